The Morgan fingerprint density at radius 1 is 1.23 bits per heavy atom. The quantitative estimate of drug-likeness (QED) is 0.530. The van der Waals surface area contributed by atoms with Crippen LogP contribution < -0.4 is 10.2 Å². The van der Waals surface area contributed by atoms with Crippen LogP contribution in [-0.4, -0.2) is 51.9 Å². The molecule has 4 rings (SSSR count). The average molecular weight is 502 g/mol. The van der Waals surface area contributed by atoms with Crippen LogP contribution in [0.2, 0.25) is 5.02 Å². The molecule has 1 saturated heterocycles. The smallest absolute Gasteiger partial charge is 0.407 e. The number of ether oxygens (including phenoxy) is 2. The van der Waals surface area contributed by atoms with Crippen LogP contribution in [0.1, 0.15) is 40.3 Å². The molecule has 35 heavy (non-hydrogen) atoms. The van der Waals surface area contributed by atoms with Gasteiger partial charge in [-0.1, -0.05) is 11.6 Å². The van der Waals surface area contributed by atoms with Gasteiger partial charge in [0, 0.05) is 30.7 Å². The highest BCUT2D eigenvalue weighted by molar-refractivity contribution is 6.33. The maximum atomic E-state index is 14.8. The molecule has 10 heteroatoms. The van der Waals surface area contributed by atoms with E-state index in [1.165, 1.54) is 6.07 Å². The highest BCUT2D eigenvalue weighted by Gasteiger charge is 2.25. The maximum Gasteiger partial charge on any atom is 0.407 e. The molecule has 2 atom stereocenters. The van der Waals surface area contributed by atoms with E-state index < -0.39 is 17.5 Å². The molecule has 0 unspecified atom stereocenters. The van der Waals surface area contributed by atoms with Crippen LogP contribution in [-0.2, 0) is 16.0 Å². The van der Waals surface area contributed by atoms with Crippen molar-refractivity contribution in [2.24, 2.45) is 0 Å². The summed E-state index contributed by atoms with van der Waals surface area (Å²) in [5, 5.41) is 3.39. The summed E-state index contributed by atoms with van der Waals surface area (Å²) in [6.07, 6.45) is 1.14. The Hall–Kier alpha value is -3.04. The molecule has 0 saturated carbocycles. The van der Waals surface area contributed by atoms with E-state index in [-0.39, 0.29) is 29.5 Å². The van der Waals surface area contributed by atoms with E-state index in [0.717, 1.165) is 5.39 Å². The van der Waals surface area contributed by atoms with Gasteiger partial charge in [0.05, 0.1) is 35.7 Å². The number of nitrogens with one attached hydrogen (secondary N) is 1. The van der Waals surface area contributed by atoms with Crippen LogP contribution in [0.4, 0.5) is 15.0 Å². The van der Waals surface area contributed by atoms with Gasteiger partial charge < -0.3 is 19.7 Å². The summed E-state index contributed by atoms with van der Waals surface area (Å²) in [6, 6.07) is 6.68. The molecule has 1 aliphatic heterocycles. The molecule has 0 spiro atoms. The van der Waals surface area contributed by atoms with Gasteiger partial charge in [-0.25, -0.2) is 19.2 Å². The van der Waals surface area contributed by atoms with Crippen molar-refractivity contribution in [1.82, 2.24) is 20.3 Å². The minimum Gasteiger partial charge on any atom is -0.444 e. The molecule has 1 N–H and O–H groups in total. The summed E-state index contributed by atoms with van der Waals surface area (Å²) in [7, 11) is 0. The number of hydrogen-bond donors (Lipinski definition) is 1. The van der Waals surface area contributed by atoms with Crippen molar-refractivity contribution in [2.75, 3.05) is 18.0 Å². The molecular formula is C25H29ClFN5O3. The summed E-state index contributed by atoms with van der Waals surface area (Å²) >= 11 is 6.32. The molecule has 8 nitrogen and oxygen atoms in total. The van der Waals surface area contributed by atoms with Crippen molar-refractivity contribution in [3.05, 3.63) is 47.0 Å². The molecule has 0 radical (unpaired) electrons. The topological polar surface area (TPSA) is 89.5 Å². The fourth-order valence-electron chi connectivity index (χ4n) is 3.95. The van der Waals surface area contributed by atoms with E-state index >= 15 is 0 Å². The summed E-state index contributed by atoms with van der Waals surface area (Å²) in [4.78, 5) is 27.7. The second-order valence-electron chi connectivity index (χ2n) is 9.71. The number of aromatic nitrogens is 3. The van der Waals surface area contributed by atoms with Gasteiger partial charge in [-0.3, -0.25) is 4.98 Å². The lowest BCUT2D eigenvalue weighted by Gasteiger charge is -2.36. The maximum absolute atomic E-state index is 14.8. The number of nitrogens with zero attached hydrogens (tertiary/aromatic N) is 4. The first-order valence-electron chi connectivity index (χ1n) is 11.5. The van der Waals surface area contributed by atoms with Crippen LogP contribution in [0.5, 0.6) is 0 Å². The van der Waals surface area contributed by atoms with Gasteiger partial charge in [0.2, 0.25) is 0 Å². The molecule has 1 fully saturated rings. The van der Waals surface area contributed by atoms with E-state index in [9.17, 15) is 9.18 Å². The zero-order valence-electron chi connectivity index (χ0n) is 20.4. The number of morpholine rings is 1. The minimum atomic E-state index is -0.593. The predicted octanol–water partition coefficient (Wildman–Crippen LogP) is 5.12. The Morgan fingerprint density at radius 2 is 1.94 bits per heavy atom. The van der Waals surface area contributed by atoms with Gasteiger partial charge in [-0.2, -0.15) is 0 Å². The highest BCUT2D eigenvalue weighted by Crippen LogP contribution is 2.32. The number of pyridine rings is 3. The highest BCUT2D eigenvalue weighted by atomic mass is 35.5. The number of rotatable bonds is 4. The summed E-state index contributed by atoms with van der Waals surface area (Å²) < 4.78 is 25.9. The van der Waals surface area contributed by atoms with Gasteiger partial charge in [-0.05, 0) is 52.8 Å². The van der Waals surface area contributed by atoms with Crippen molar-refractivity contribution < 1.29 is 18.7 Å². The van der Waals surface area contributed by atoms with Crippen LogP contribution >= 0.6 is 11.6 Å². The number of alkyl carbamates (subject to hydrolysis) is 1. The molecule has 1 amide bonds. The van der Waals surface area contributed by atoms with E-state index in [1.807, 2.05) is 24.8 Å². The molecule has 3 aromatic rings. The molecular weight excluding hydrogens is 473 g/mol. The Balaban J connectivity index is 1.62. The SMILES string of the molecule is C[C@@H]1CN(c2cc(F)c(Cl)c(-c3ccc4cnc(CNC(=O)OC(C)(C)C)cc4n3)n2)C[C@H](C)O1. The van der Waals surface area contributed by atoms with Crippen LogP contribution in [0.15, 0.2) is 30.5 Å². The standard InChI is InChI=1S/C25H29ClFN5O3/c1-14-12-32(13-15(2)34-14)21-9-18(27)22(26)23(31-21)19-7-6-16-10-28-17(8-20(16)30-19)11-29-24(33)35-25(3,4)5/h6-10,14-15H,11-13H2,1-5H3,(H,29,33)/t14-,15+. The lowest BCUT2D eigenvalue weighted by molar-refractivity contribution is -0.00547. The van der Waals surface area contributed by atoms with Crippen molar-refractivity contribution in [1.29, 1.82) is 0 Å². The molecule has 3 aromatic heterocycles. The Labute approximate surface area is 208 Å². The Kier molecular flexibility index (Phi) is 7.10. The van der Waals surface area contributed by atoms with Gasteiger partial charge in [0.15, 0.2) is 0 Å². The van der Waals surface area contributed by atoms with Crippen LogP contribution in [0, 0.1) is 5.82 Å². The van der Waals surface area contributed by atoms with Crippen molar-refractivity contribution >= 4 is 34.4 Å². The van der Waals surface area contributed by atoms with E-state index in [4.69, 9.17) is 21.1 Å². The van der Waals surface area contributed by atoms with Crippen molar-refractivity contribution in [3.63, 3.8) is 0 Å². The molecule has 0 bridgehead atoms. The van der Waals surface area contributed by atoms with E-state index in [2.05, 4.69) is 20.3 Å². The van der Waals surface area contributed by atoms with Crippen molar-refractivity contribution in [3.8, 4) is 11.4 Å². The van der Waals surface area contributed by atoms with E-state index in [1.54, 1.807) is 39.1 Å². The molecule has 0 aliphatic carbocycles. The molecule has 4 heterocycles. The fourth-order valence-corrected chi connectivity index (χ4v) is 4.14. The Morgan fingerprint density at radius 3 is 2.63 bits per heavy atom. The van der Waals surface area contributed by atoms with Gasteiger partial charge in [0.1, 0.15) is 28.0 Å². The minimum absolute atomic E-state index is 0.00161. The first-order chi connectivity index (χ1) is 16.5. The fraction of sp³-hybridized carbons (Fsp3) is 0.440. The van der Waals surface area contributed by atoms with E-state index in [0.29, 0.717) is 35.8 Å². The van der Waals surface area contributed by atoms with Gasteiger partial charge >= 0.3 is 6.09 Å². The monoisotopic (exact) mass is 501 g/mol. The van der Waals surface area contributed by atoms with Crippen molar-refractivity contribution in [2.45, 2.75) is 59.0 Å². The second kappa shape index (κ2) is 9.91. The number of anilines is 1. The zero-order chi connectivity index (χ0) is 25.3. The third-order valence-electron chi connectivity index (χ3n) is 5.33. The van der Waals surface area contributed by atoms with Gasteiger partial charge in [-0.15, -0.1) is 0 Å². The zero-order valence-corrected chi connectivity index (χ0v) is 21.2. The number of fused-ring (bicyclic) bond motifs is 1. The number of halogens is 2. The summed E-state index contributed by atoms with van der Waals surface area (Å²) in [5.41, 5.74) is 1.33. The predicted molar refractivity (Wildman–Crippen MR) is 133 cm³/mol. The summed E-state index contributed by atoms with van der Waals surface area (Å²) in [5.74, 6) is -0.0693. The molecule has 186 valence electrons. The third kappa shape index (κ3) is 6.15. The first kappa shape index (κ1) is 25.1. The third-order valence-corrected chi connectivity index (χ3v) is 5.69. The van der Waals surface area contributed by atoms with Crippen LogP contribution in [0.3, 0.4) is 0 Å². The number of carbonyl (C=O) groups is 1. The lowest BCUT2D eigenvalue weighted by atomic mass is 10.1. The average Bonchev–Trinajstić information content (AvgIpc) is 2.77. The molecule has 1 aliphatic rings. The lowest BCUT2D eigenvalue weighted by Crippen LogP contribution is -2.45. The normalized spacial score (nSPS) is 18.5. The largest absolute Gasteiger partial charge is 0.444 e. The number of carbonyl (C=O) groups excluding carboxylic acids is 1. The van der Waals surface area contributed by atoms with Gasteiger partial charge in [0.25, 0.3) is 0 Å². The number of amides is 1. The van der Waals surface area contributed by atoms with Crippen LogP contribution in [0.25, 0.3) is 22.3 Å². The first-order valence-corrected chi connectivity index (χ1v) is 11.9. The molecule has 0 aromatic carbocycles. The summed E-state index contributed by atoms with van der Waals surface area (Å²) in [6.45, 7) is 10.7. The second-order valence-corrected chi connectivity index (χ2v) is 10.1. The number of hydrogen-bond acceptors (Lipinski definition) is 7. The Bertz CT molecular complexity index is 1240.